The van der Waals surface area contributed by atoms with E-state index in [2.05, 4.69) is 58.2 Å². The molecule has 0 atom stereocenters. The molecule has 3 rings (SSSR count). The predicted octanol–water partition coefficient (Wildman–Crippen LogP) is 3.64. The second kappa shape index (κ2) is 9.40. The smallest absolute Gasteiger partial charge is 0.252 e. The van der Waals surface area contributed by atoms with Gasteiger partial charge in [-0.05, 0) is 37.1 Å². The third-order valence-corrected chi connectivity index (χ3v) is 5.06. The van der Waals surface area contributed by atoms with Gasteiger partial charge < -0.3 is 15.1 Å². The third-order valence-electron chi connectivity index (χ3n) is 5.06. The number of amides is 1. The SMILES string of the molecule is CCCCCNC(=O)c1cncc(N2CCN(c3cccc(C)c3)CC2)c1. The van der Waals surface area contributed by atoms with Crippen LogP contribution in [0, 0.1) is 6.92 Å². The van der Waals surface area contributed by atoms with Gasteiger partial charge in [0, 0.05) is 44.6 Å². The molecule has 1 aliphatic rings. The van der Waals surface area contributed by atoms with Gasteiger partial charge in [-0.2, -0.15) is 0 Å². The van der Waals surface area contributed by atoms with Gasteiger partial charge in [-0.15, -0.1) is 0 Å². The standard InChI is InChI=1S/C22H30N4O/c1-3-4-5-9-24-22(27)19-15-21(17-23-16-19)26-12-10-25(11-13-26)20-8-6-7-18(2)14-20/h6-8,14-17H,3-5,9-13H2,1-2H3,(H,24,27). The molecule has 0 aliphatic carbocycles. The molecule has 5 heteroatoms. The number of pyridine rings is 1. The summed E-state index contributed by atoms with van der Waals surface area (Å²) in [6.45, 7) is 8.81. The zero-order chi connectivity index (χ0) is 19.1. The lowest BCUT2D eigenvalue weighted by molar-refractivity contribution is 0.0952. The summed E-state index contributed by atoms with van der Waals surface area (Å²) in [6.07, 6.45) is 6.83. The van der Waals surface area contributed by atoms with Crippen LogP contribution in [0.5, 0.6) is 0 Å². The van der Waals surface area contributed by atoms with Gasteiger partial charge in [0.15, 0.2) is 0 Å². The molecule has 2 heterocycles. The van der Waals surface area contributed by atoms with Crippen molar-refractivity contribution in [1.82, 2.24) is 10.3 Å². The second-order valence-electron chi connectivity index (χ2n) is 7.21. The number of rotatable bonds is 7. The van der Waals surface area contributed by atoms with Crippen LogP contribution in [-0.2, 0) is 0 Å². The van der Waals surface area contributed by atoms with E-state index in [1.165, 1.54) is 11.3 Å². The van der Waals surface area contributed by atoms with E-state index in [9.17, 15) is 4.79 Å². The van der Waals surface area contributed by atoms with Crippen molar-refractivity contribution in [1.29, 1.82) is 0 Å². The van der Waals surface area contributed by atoms with Gasteiger partial charge in [0.05, 0.1) is 17.4 Å². The molecule has 2 aromatic rings. The van der Waals surface area contributed by atoms with E-state index < -0.39 is 0 Å². The van der Waals surface area contributed by atoms with Gasteiger partial charge in [0.1, 0.15) is 0 Å². The second-order valence-corrected chi connectivity index (χ2v) is 7.21. The summed E-state index contributed by atoms with van der Waals surface area (Å²) in [4.78, 5) is 21.4. The molecule has 0 radical (unpaired) electrons. The molecule has 1 fully saturated rings. The molecule has 0 spiro atoms. The summed E-state index contributed by atoms with van der Waals surface area (Å²) < 4.78 is 0. The number of piperazine rings is 1. The van der Waals surface area contributed by atoms with Gasteiger partial charge in [-0.1, -0.05) is 31.9 Å². The average molecular weight is 367 g/mol. The lowest BCUT2D eigenvalue weighted by Gasteiger charge is -2.37. The lowest BCUT2D eigenvalue weighted by Crippen LogP contribution is -2.46. The van der Waals surface area contributed by atoms with Crippen LogP contribution in [0.1, 0.15) is 42.1 Å². The molecule has 1 N–H and O–H groups in total. The van der Waals surface area contributed by atoms with Crippen LogP contribution in [0.15, 0.2) is 42.7 Å². The Labute approximate surface area is 162 Å². The topological polar surface area (TPSA) is 48.5 Å². The summed E-state index contributed by atoms with van der Waals surface area (Å²) in [6, 6.07) is 10.6. The number of benzene rings is 1. The number of hydrogen-bond acceptors (Lipinski definition) is 4. The van der Waals surface area contributed by atoms with Crippen LogP contribution >= 0.6 is 0 Å². The van der Waals surface area contributed by atoms with Crippen LogP contribution in [0.3, 0.4) is 0 Å². The quantitative estimate of drug-likeness (QED) is 0.760. The molecular formula is C22H30N4O. The number of aryl methyl sites for hydroxylation is 1. The van der Waals surface area contributed by atoms with E-state index in [1.807, 2.05) is 12.3 Å². The molecule has 1 aliphatic heterocycles. The van der Waals surface area contributed by atoms with E-state index in [0.717, 1.165) is 57.7 Å². The highest BCUT2D eigenvalue weighted by Gasteiger charge is 2.19. The van der Waals surface area contributed by atoms with Gasteiger partial charge in [0.2, 0.25) is 0 Å². The monoisotopic (exact) mass is 366 g/mol. The Bertz CT molecular complexity index is 753. The minimum Gasteiger partial charge on any atom is -0.368 e. The number of nitrogens with zero attached hydrogens (tertiary/aromatic N) is 3. The molecule has 0 unspecified atom stereocenters. The Morgan fingerprint density at radius 3 is 2.48 bits per heavy atom. The van der Waals surface area contributed by atoms with Crippen molar-refractivity contribution in [2.45, 2.75) is 33.1 Å². The number of carbonyl (C=O) groups excluding carboxylic acids is 1. The number of hydrogen-bond donors (Lipinski definition) is 1. The zero-order valence-corrected chi connectivity index (χ0v) is 16.4. The fraction of sp³-hybridized carbons (Fsp3) is 0.455. The van der Waals surface area contributed by atoms with E-state index in [4.69, 9.17) is 0 Å². The van der Waals surface area contributed by atoms with Gasteiger partial charge in [-0.25, -0.2) is 0 Å². The van der Waals surface area contributed by atoms with Crippen LogP contribution in [0.25, 0.3) is 0 Å². The zero-order valence-electron chi connectivity index (χ0n) is 16.4. The van der Waals surface area contributed by atoms with E-state index in [0.29, 0.717) is 5.56 Å². The molecule has 1 aromatic heterocycles. The van der Waals surface area contributed by atoms with Crippen molar-refractivity contribution in [3.63, 3.8) is 0 Å². The average Bonchev–Trinajstić information content (AvgIpc) is 2.71. The first-order valence-corrected chi connectivity index (χ1v) is 9.97. The number of carbonyl (C=O) groups is 1. The first kappa shape index (κ1) is 19.2. The lowest BCUT2D eigenvalue weighted by atomic mass is 10.1. The Morgan fingerprint density at radius 1 is 1.04 bits per heavy atom. The largest absolute Gasteiger partial charge is 0.368 e. The van der Waals surface area contributed by atoms with Crippen molar-refractivity contribution in [2.75, 3.05) is 42.5 Å². The highest BCUT2D eigenvalue weighted by Crippen LogP contribution is 2.21. The molecule has 5 nitrogen and oxygen atoms in total. The van der Waals surface area contributed by atoms with Gasteiger partial charge in [-0.3, -0.25) is 9.78 Å². The fourth-order valence-corrected chi connectivity index (χ4v) is 3.45. The summed E-state index contributed by atoms with van der Waals surface area (Å²) in [5.41, 5.74) is 4.25. The first-order chi connectivity index (χ1) is 13.2. The van der Waals surface area contributed by atoms with Gasteiger partial charge in [0.25, 0.3) is 5.91 Å². The van der Waals surface area contributed by atoms with E-state index >= 15 is 0 Å². The molecule has 27 heavy (non-hydrogen) atoms. The molecule has 0 saturated carbocycles. The Kier molecular flexibility index (Phi) is 6.69. The minimum atomic E-state index is -0.0288. The van der Waals surface area contributed by atoms with Gasteiger partial charge >= 0.3 is 0 Å². The van der Waals surface area contributed by atoms with Crippen LogP contribution in [0.2, 0.25) is 0 Å². The Hall–Kier alpha value is -2.56. The highest BCUT2D eigenvalue weighted by atomic mass is 16.1. The van der Waals surface area contributed by atoms with Crippen LogP contribution < -0.4 is 15.1 Å². The molecule has 144 valence electrons. The number of nitrogens with one attached hydrogen (secondary N) is 1. The minimum absolute atomic E-state index is 0.0288. The summed E-state index contributed by atoms with van der Waals surface area (Å²) in [7, 11) is 0. The maximum absolute atomic E-state index is 12.3. The number of anilines is 2. The summed E-state index contributed by atoms with van der Waals surface area (Å²) >= 11 is 0. The maximum Gasteiger partial charge on any atom is 0.252 e. The molecule has 1 saturated heterocycles. The summed E-state index contributed by atoms with van der Waals surface area (Å²) in [5.74, 6) is -0.0288. The van der Waals surface area contributed by atoms with Crippen molar-refractivity contribution < 1.29 is 4.79 Å². The van der Waals surface area contributed by atoms with Crippen LogP contribution in [-0.4, -0.2) is 43.6 Å². The van der Waals surface area contributed by atoms with Crippen LogP contribution in [0.4, 0.5) is 11.4 Å². The first-order valence-electron chi connectivity index (χ1n) is 9.97. The van der Waals surface area contributed by atoms with E-state index in [-0.39, 0.29) is 5.91 Å². The fourth-order valence-electron chi connectivity index (χ4n) is 3.45. The normalized spacial score (nSPS) is 14.3. The van der Waals surface area contributed by atoms with Crippen molar-refractivity contribution in [3.8, 4) is 0 Å². The van der Waals surface area contributed by atoms with Crippen molar-refractivity contribution in [3.05, 3.63) is 53.9 Å². The summed E-state index contributed by atoms with van der Waals surface area (Å²) in [5, 5.41) is 2.99. The third kappa shape index (κ3) is 5.22. The Morgan fingerprint density at radius 2 is 1.78 bits per heavy atom. The maximum atomic E-state index is 12.3. The van der Waals surface area contributed by atoms with Crippen molar-refractivity contribution >= 4 is 17.3 Å². The van der Waals surface area contributed by atoms with Crippen molar-refractivity contribution in [2.24, 2.45) is 0 Å². The molecule has 1 aromatic carbocycles. The Balaban J connectivity index is 1.57. The van der Waals surface area contributed by atoms with E-state index in [1.54, 1.807) is 6.20 Å². The highest BCUT2D eigenvalue weighted by molar-refractivity contribution is 5.94. The predicted molar refractivity (Wildman–Crippen MR) is 112 cm³/mol. The number of unbranched alkanes of at least 4 members (excludes halogenated alkanes) is 2. The molecule has 0 bridgehead atoms. The number of aromatic nitrogens is 1. The molecular weight excluding hydrogens is 336 g/mol. The molecule has 1 amide bonds.